The molecular weight excluding hydrogens is 358 g/mol. The van der Waals surface area contributed by atoms with Gasteiger partial charge >= 0.3 is 0 Å². The highest BCUT2D eigenvalue weighted by Gasteiger charge is 2.36. The normalized spacial score (nSPS) is 17.9. The molecule has 144 valence electrons. The SMILES string of the molecule is CN(C)c1cccc(C2(c3ccccc3)C=Cc3c(-c4cnc[nH]4)n[nH]c3C2)c1. The van der Waals surface area contributed by atoms with E-state index in [1.807, 2.05) is 6.20 Å². The number of H-pyrrole nitrogens is 2. The molecule has 1 unspecified atom stereocenters. The first kappa shape index (κ1) is 17.5. The van der Waals surface area contributed by atoms with Crippen molar-refractivity contribution >= 4 is 11.8 Å². The van der Waals surface area contributed by atoms with Crippen LogP contribution in [0, 0.1) is 0 Å². The molecule has 0 saturated heterocycles. The van der Waals surface area contributed by atoms with Gasteiger partial charge in [0.25, 0.3) is 0 Å². The van der Waals surface area contributed by atoms with Crippen molar-refractivity contribution in [2.24, 2.45) is 0 Å². The zero-order valence-corrected chi connectivity index (χ0v) is 16.6. The molecule has 1 aliphatic rings. The molecular formula is C24H23N5. The zero-order chi connectivity index (χ0) is 19.8. The van der Waals surface area contributed by atoms with E-state index >= 15 is 0 Å². The molecule has 0 aliphatic heterocycles. The molecule has 0 spiro atoms. The number of imidazole rings is 1. The number of hydrogen-bond acceptors (Lipinski definition) is 3. The van der Waals surface area contributed by atoms with Gasteiger partial charge in [-0.15, -0.1) is 0 Å². The Labute approximate surface area is 170 Å². The molecule has 0 fully saturated rings. The molecule has 2 aromatic carbocycles. The van der Waals surface area contributed by atoms with Gasteiger partial charge in [-0.25, -0.2) is 4.98 Å². The first-order valence-electron chi connectivity index (χ1n) is 9.76. The van der Waals surface area contributed by atoms with Crippen LogP contribution >= 0.6 is 0 Å². The standard InChI is InChI=1S/C24H23N5/c1-29(2)19-10-6-9-18(13-19)24(17-7-4-3-5-8-17)12-11-20-21(14-24)27-28-23(20)22-15-25-16-26-22/h3-13,15-16H,14H2,1-2H3,(H,25,26)(H,27,28). The second-order valence-corrected chi connectivity index (χ2v) is 7.72. The maximum absolute atomic E-state index is 4.58. The Hall–Kier alpha value is -3.60. The molecule has 2 aromatic heterocycles. The van der Waals surface area contributed by atoms with Crippen LogP contribution < -0.4 is 4.90 Å². The largest absolute Gasteiger partial charge is 0.378 e. The van der Waals surface area contributed by atoms with Crippen molar-refractivity contribution in [2.75, 3.05) is 19.0 Å². The maximum atomic E-state index is 4.58. The van der Waals surface area contributed by atoms with Crippen LogP contribution in [-0.2, 0) is 11.8 Å². The van der Waals surface area contributed by atoms with Crippen LogP contribution in [0.3, 0.4) is 0 Å². The summed E-state index contributed by atoms with van der Waals surface area (Å²) in [5, 5.41) is 7.87. The fourth-order valence-electron chi connectivity index (χ4n) is 4.22. The number of aromatic nitrogens is 4. The van der Waals surface area contributed by atoms with Crippen molar-refractivity contribution in [3.63, 3.8) is 0 Å². The molecule has 0 bridgehead atoms. The number of nitrogens with zero attached hydrogens (tertiary/aromatic N) is 3. The number of rotatable bonds is 4. The quantitative estimate of drug-likeness (QED) is 0.550. The van der Waals surface area contributed by atoms with E-state index in [9.17, 15) is 0 Å². The molecule has 1 aliphatic carbocycles. The average molecular weight is 381 g/mol. The van der Waals surface area contributed by atoms with Crippen molar-refractivity contribution < 1.29 is 0 Å². The second kappa shape index (κ2) is 6.78. The lowest BCUT2D eigenvalue weighted by Gasteiger charge is -2.35. The highest BCUT2D eigenvalue weighted by atomic mass is 15.1. The fourth-order valence-corrected chi connectivity index (χ4v) is 4.22. The van der Waals surface area contributed by atoms with Gasteiger partial charge in [0.15, 0.2) is 0 Å². The van der Waals surface area contributed by atoms with Crippen LogP contribution in [0.1, 0.15) is 22.4 Å². The molecule has 1 atom stereocenters. The minimum absolute atomic E-state index is 0.252. The third kappa shape index (κ3) is 2.86. The third-order valence-corrected chi connectivity index (χ3v) is 5.79. The topological polar surface area (TPSA) is 60.6 Å². The summed E-state index contributed by atoms with van der Waals surface area (Å²) < 4.78 is 0. The molecule has 5 heteroatoms. The average Bonchev–Trinajstić information content (AvgIpc) is 3.43. The summed E-state index contributed by atoms with van der Waals surface area (Å²) in [6.07, 6.45) is 8.84. The molecule has 4 aromatic rings. The van der Waals surface area contributed by atoms with Crippen LogP contribution in [0.5, 0.6) is 0 Å². The number of benzene rings is 2. The molecule has 0 saturated carbocycles. The van der Waals surface area contributed by atoms with Gasteiger partial charge in [-0.2, -0.15) is 5.10 Å². The van der Waals surface area contributed by atoms with Crippen molar-refractivity contribution in [3.05, 3.63) is 95.6 Å². The minimum Gasteiger partial charge on any atom is -0.378 e. The van der Waals surface area contributed by atoms with Gasteiger partial charge in [0.05, 0.1) is 18.2 Å². The van der Waals surface area contributed by atoms with Gasteiger partial charge in [-0.1, -0.05) is 54.6 Å². The predicted molar refractivity (Wildman–Crippen MR) is 117 cm³/mol. The highest BCUT2D eigenvalue weighted by molar-refractivity contribution is 5.74. The summed E-state index contributed by atoms with van der Waals surface area (Å²) in [5.41, 5.74) is 7.59. The van der Waals surface area contributed by atoms with E-state index in [4.69, 9.17) is 0 Å². The van der Waals surface area contributed by atoms with Crippen LogP contribution in [-0.4, -0.2) is 34.3 Å². The van der Waals surface area contributed by atoms with Crippen molar-refractivity contribution in [1.82, 2.24) is 20.2 Å². The lowest BCUT2D eigenvalue weighted by Crippen LogP contribution is -2.30. The minimum atomic E-state index is -0.252. The summed E-state index contributed by atoms with van der Waals surface area (Å²) in [4.78, 5) is 9.45. The van der Waals surface area contributed by atoms with Gasteiger partial charge in [0.1, 0.15) is 5.69 Å². The van der Waals surface area contributed by atoms with Crippen LogP contribution in [0.4, 0.5) is 5.69 Å². The monoisotopic (exact) mass is 381 g/mol. The van der Waals surface area contributed by atoms with Crippen molar-refractivity contribution in [2.45, 2.75) is 11.8 Å². The highest BCUT2D eigenvalue weighted by Crippen LogP contribution is 2.43. The fraction of sp³-hybridized carbons (Fsp3) is 0.167. The zero-order valence-electron chi connectivity index (χ0n) is 16.6. The Morgan fingerprint density at radius 3 is 2.59 bits per heavy atom. The number of anilines is 1. The molecule has 5 rings (SSSR count). The van der Waals surface area contributed by atoms with Gasteiger partial charge < -0.3 is 9.88 Å². The van der Waals surface area contributed by atoms with Gasteiger partial charge in [0, 0.05) is 42.9 Å². The molecule has 2 N–H and O–H groups in total. The molecule has 5 nitrogen and oxygen atoms in total. The van der Waals surface area contributed by atoms with E-state index in [0.717, 1.165) is 29.1 Å². The van der Waals surface area contributed by atoms with Crippen LogP contribution in [0.15, 0.2) is 73.2 Å². The van der Waals surface area contributed by atoms with E-state index in [0.29, 0.717) is 0 Å². The smallest absolute Gasteiger partial charge is 0.117 e. The third-order valence-electron chi connectivity index (χ3n) is 5.79. The van der Waals surface area contributed by atoms with Crippen LogP contribution in [0.2, 0.25) is 0 Å². The Bertz CT molecular complexity index is 1160. The summed E-state index contributed by atoms with van der Waals surface area (Å²) in [6, 6.07) is 19.5. The Kier molecular flexibility index (Phi) is 4.09. The van der Waals surface area contributed by atoms with Gasteiger partial charge in [-0.05, 0) is 23.3 Å². The lowest BCUT2D eigenvalue weighted by atomic mass is 9.68. The predicted octanol–water partition coefficient (Wildman–Crippen LogP) is 4.42. The molecule has 2 heterocycles. The van der Waals surface area contributed by atoms with E-state index in [2.05, 4.69) is 106 Å². The Balaban J connectivity index is 1.67. The Morgan fingerprint density at radius 2 is 1.83 bits per heavy atom. The van der Waals surface area contributed by atoms with Gasteiger partial charge in [0.2, 0.25) is 0 Å². The van der Waals surface area contributed by atoms with E-state index in [-0.39, 0.29) is 5.41 Å². The molecule has 29 heavy (non-hydrogen) atoms. The summed E-state index contributed by atoms with van der Waals surface area (Å²) in [6.45, 7) is 0. The summed E-state index contributed by atoms with van der Waals surface area (Å²) in [5.74, 6) is 0. The van der Waals surface area contributed by atoms with E-state index in [1.54, 1.807) is 6.33 Å². The summed E-state index contributed by atoms with van der Waals surface area (Å²) in [7, 11) is 4.16. The molecule has 0 radical (unpaired) electrons. The first-order valence-corrected chi connectivity index (χ1v) is 9.76. The van der Waals surface area contributed by atoms with Crippen molar-refractivity contribution in [3.8, 4) is 11.4 Å². The summed E-state index contributed by atoms with van der Waals surface area (Å²) >= 11 is 0. The number of nitrogens with one attached hydrogen (secondary N) is 2. The first-order chi connectivity index (χ1) is 14.2. The maximum Gasteiger partial charge on any atom is 0.117 e. The number of allylic oxidation sites excluding steroid dienone is 1. The lowest BCUT2D eigenvalue weighted by molar-refractivity contribution is 0.620. The number of fused-ring (bicyclic) bond motifs is 1. The van der Waals surface area contributed by atoms with E-state index in [1.165, 1.54) is 16.8 Å². The van der Waals surface area contributed by atoms with E-state index < -0.39 is 0 Å². The molecule has 0 amide bonds. The second-order valence-electron chi connectivity index (χ2n) is 7.72. The number of hydrogen-bond donors (Lipinski definition) is 2. The van der Waals surface area contributed by atoms with Crippen molar-refractivity contribution in [1.29, 1.82) is 0 Å². The Morgan fingerprint density at radius 1 is 1.00 bits per heavy atom. The van der Waals surface area contributed by atoms with Gasteiger partial charge in [-0.3, -0.25) is 5.10 Å². The number of aromatic amines is 2. The van der Waals surface area contributed by atoms with Crippen LogP contribution in [0.25, 0.3) is 17.5 Å².